The molecule has 3 rings (SSSR count). The minimum absolute atomic E-state index is 0.0386. The molecule has 0 bridgehead atoms. The van der Waals surface area contributed by atoms with Gasteiger partial charge in [0.2, 0.25) is 11.8 Å². The molecule has 1 heterocycles. The smallest absolute Gasteiger partial charge is 0.231 e. The quantitative estimate of drug-likeness (QED) is 0.475. The number of aromatic hydroxyl groups is 1. The number of hydrogen-bond donors (Lipinski definition) is 3. The maximum Gasteiger partial charge on any atom is 0.231 e. The summed E-state index contributed by atoms with van der Waals surface area (Å²) in [5, 5.41) is 15.8. The summed E-state index contributed by atoms with van der Waals surface area (Å²) < 4.78 is 5.79. The Bertz CT molecular complexity index is 995. The number of rotatable bonds is 3. The van der Waals surface area contributed by atoms with Crippen molar-refractivity contribution in [2.75, 3.05) is 5.32 Å². The van der Waals surface area contributed by atoms with Gasteiger partial charge >= 0.3 is 0 Å². The predicted octanol–water partition coefficient (Wildman–Crippen LogP) is 4.16. The Kier molecular flexibility index (Phi) is 4.90. The van der Waals surface area contributed by atoms with Crippen molar-refractivity contribution in [1.29, 1.82) is 0 Å². The number of oxazole rings is 1. The highest BCUT2D eigenvalue weighted by atomic mass is 32.1. The SMILES string of the molecule is CC(=O)NC(=S)Nc1ccc(O)c(-c2nc3cc(C(C)C)ccc3o2)c1. The molecule has 134 valence electrons. The van der Waals surface area contributed by atoms with Gasteiger partial charge in [-0.3, -0.25) is 4.79 Å². The second kappa shape index (κ2) is 7.13. The van der Waals surface area contributed by atoms with Crippen molar-refractivity contribution < 1.29 is 14.3 Å². The van der Waals surface area contributed by atoms with Crippen LogP contribution in [0.25, 0.3) is 22.6 Å². The Morgan fingerprint density at radius 1 is 1.23 bits per heavy atom. The van der Waals surface area contributed by atoms with E-state index in [0.717, 1.165) is 11.1 Å². The third-order valence-corrected chi connectivity index (χ3v) is 4.06. The number of hydrogen-bond acceptors (Lipinski definition) is 5. The number of fused-ring (bicyclic) bond motifs is 1. The standard InChI is InChI=1S/C19H19N3O3S/c1-10(2)12-4-7-17-15(8-12)22-18(25-17)14-9-13(5-6-16(14)24)21-19(26)20-11(3)23/h4-10,24H,1-3H3,(H2,20,21,23,26). The fourth-order valence-corrected chi connectivity index (χ4v) is 2.79. The van der Waals surface area contributed by atoms with Gasteiger partial charge in [-0.25, -0.2) is 4.98 Å². The average Bonchev–Trinajstić information content (AvgIpc) is 2.98. The van der Waals surface area contributed by atoms with E-state index >= 15 is 0 Å². The molecule has 0 aliphatic heterocycles. The van der Waals surface area contributed by atoms with Crippen LogP contribution in [0, 0.1) is 0 Å². The van der Waals surface area contributed by atoms with Gasteiger partial charge in [0, 0.05) is 12.6 Å². The number of anilines is 1. The molecule has 1 aromatic heterocycles. The number of thiocarbonyl (C=S) groups is 1. The molecule has 6 nitrogen and oxygen atoms in total. The van der Waals surface area contributed by atoms with Crippen LogP contribution in [-0.2, 0) is 4.79 Å². The first-order valence-corrected chi connectivity index (χ1v) is 8.57. The van der Waals surface area contributed by atoms with Gasteiger partial charge in [-0.2, -0.15) is 0 Å². The average molecular weight is 369 g/mol. The number of nitrogens with zero attached hydrogens (tertiary/aromatic N) is 1. The summed E-state index contributed by atoms with van der Waals surface area (Å²) in [6.45, 7) is 5.60. The van der Waals surface area contributed by atoms with Gasteiger partial charge in [-0.1, -0.05) is 19.9 Å². The van der Waals surface area contributed by atoms with E-state index in [4.69, 9.17) is 16.6 Å². The highest BCUT2D eigenvalue weighted by Gasteiger charge is 2.14. The number of aromatic nitrogens is 1. The Labute approximate surface area is 156 Å². The van der Waals surface area contributed by atoms with E-state index in [1.165, 1.54) is 13.0 Å². The molecule has 26 heavy (non-hydrogen) atoms. The summed E-state index contributed by atoms with van der Waals surface area (Å²) >= 11 is 5.05. The second-order valence-electron chi connectivity index (χ2n) is 6.27. The summed E-state index contributed by atoms with van der Waals surface area (Å²) in [5.74, 6) is 0.473. The lowest BCUT2D eigenvalue weighted by Gasteiger charge is -2.09. The number of carbonyl (C=O) groups is 1. The lowest BCUT2D eigenvalue weighted by molar-refractivity contribution is -0.117. The molecule has 0 radical (unpaired) electrons. The van der Waals surface area contributed by atoms with Gasteiger partial charge in [-0.05, 0) is 54.0 Å². The van der Waals surface area contributed by atoms with Crippen molar-refractivity contribution in [3.8, 4) is 17.2 Å². The van der Waals surface area contributed by atoms with Gasteiger partial charge in [-0.15, -0.1) is 0 Å². The van der Waals surface area contributed by atoms with Gasteiger partial charge in [0.25, 0.3) is 0 Å². The topological polar surface area (TPSA) is 87.4 Å². The fourth-order valence-electron chi connectivity index (χ4n) is 2.53. The molecule has 0 aliphatic rings. The molecule has 0 fully saturated rings. The lowest BCUT2D eigenvalue weighted by atomic mass is 10.0. The van der Waals surface area contributed by atoms with Crippen LogP contribution in [0.1, 0.15) is 32.3 Å². The molecule has 1 amide bonds. The van der Waals surface area contributed by atoms with E-state index < -0.39 is 0 Å². The molecular formula is C19H19N3O3S. The zero-order valence-electron chi connectivity index (χ0n) is 14.7. The molecule has 2 aromatic carbocycles. The molecule has 3 N–H and O–H groups in total. The molecule has 0 aliphatic carbocycles. The first kappa shape index (κ1) is 17.9. The van der Waals surface area contributed by atoms with Crippen molar-refractivity contribution in [2.24, 2.45) is 0 Å². The number of benzene rings is 2. The third kappa shape index (κ3) is 3.83. The molecule has 0 saturated carbocycles. The van der Waals surface area contributed by atoms with Gasteiger partial charge < -0.3 is 20.2 Å². The summed E-state index contributed by atoms with van der Waals surface area (Å²) in [5.41, 5.74) is 3.58. The molecular weight excluding hydrogens is 350 g/mol. The predicted molar refractivity (Wildman–Crippen MR) is 105 cm³/mol. The zero-order chi connectivity index (χ0) is 18.8. The molecule has 0 unspecified atom stereocenters. The number of phenols is 1. The lowest BCUT2D eigenvalue weighted by Crippen LogP contribution is -2.32. The number of carbonyl (C=O) groups excluding carboxylic acids is 1. The molecule has 0 spiro atoms. The highest BCUT2D eigenvalue weighted by Crippen LogP contribution is 2.34. The minimum Gasteiger partial charge on any atom is -0.507 e. The van der Waals surface area contributed by atoms with Crippen LogP contribution in [0.15, 0.2) is 40.8 Å². The van der Waals surface area contributed by atoms with E-state index in [2.05, 4.69) is 29.5 Å². The number of nitrogens with one attached hydrogen (secondary N) is 2. The third-order valence-electron chi connectivity index (χ3n) is 3.85. The van der Waals surface area contributed by atoms with Crippen LogP contribution < -0.4 is 10.6 Å². The van der Waals surface area contributed by atoms with Crippen LogP contribution in [0.5, 0.6) is 5.75 Å². The largest absolute Gasteiger partial charge is 0.507 e. The van der Waals surface area contributed by atoms with Gasteiger partial charge in [0.1, 0.15) is 11.3 Å². The van der Waals surface area contributed by atoms with E-state index in [0.29, 0.717) is 28.6 Å². The zero-order valence-corrected chi connectivity index (χ0v) is 15.5. The summed E-state index contributed by atoms with van der Waals surface area (Å²) in [7, 11) is 0. The van der Waals surface area contributed by atoms with Gasteiger partial charge in [0.05, 0.1) is 5.56 Å². The monoisotopic (exact) mass is 369 g/mol. The van der Waals surface area contributed by atoms with Crippen LogP contribution in [0.4, 0.5) is 5.69 Å². The molecule has 7 heteroatoms. The van der Waals surface area contributed by atoms with Crippen molar-refractivity contribution in [2.45, 2.75) is 26.7 Å². The summed E-state index contributed by atoms with van der Waals surface area (Å²) in [6.07, 6.45) is 0. The first-order valence-electron chi connectivity index (χ1n) is 8.16. The summed E-state index contributed by atoms with van der Waals surface area (Å²) in [6, 6.07) is 10.7. The Hall–Kier alpha value is -2.93. The van der Waals surface area contributed by atoms with E-state index in [-0.39, 0.29) is 16.8 Å². The maximum absolute atomic E-state index is 11.1. The van der Waals surface area contributed by atoms with Crippen LogP contribution in [0.2, 0.25) is 0 Å². The van der Waals surface area contributed by atoms with E-state index in [1.54, 1.807) is 12.1 Å². The Morgan fingerprint density at radius 3 is 2.69 bits per heavy atom. The van der Waals surface area contributed by atoms with Crippen LogP contribution >= 0.6 is 12.2 Å². The van der Waals surface area contributed by atoms with E-state index in [1.807, 2.05) is 18.2 Å². The second-order valence-corrected chi connectivity index (χ2v) is 6.68. The van der Waals surface area contributed by atoms with Crippen LogP contribution in [0.3, 0.4) is 0 Å². The fraction of sp³-hybridized carbons (Fsp3) is 0.211. The van der Waals surface area contributed by atoms with Crippen molar-refractivity contribution in [3.63, 3.8) is 0 Å². The molecule has 3 aromatic rings. The minimum atomic E-state index is -0.263. The Balaban J connectivity index is 1.95. The molecule has 0 saturated heterocycles. The number of amides is 1. The number of phenolic OH excluding ortho intramolecular Hbond substituents is 1. The van der Waals surface area contributed by atoms with Crippen LogP contribution in [-0.4, -0.2) is 21.1 Å². The van der Waals surface area contributed by atoms with Crippen molar-refractivity contribution in [3.05, 3.63) is 42.0 Å². The van der Waals surface area contributed by atoms with Crippen molar-refractivity contribution >= 4 is 40.0 Å². The summed E-state index contributed by atoms with van der Waals surface area (Å²) in [4.78, 5) is 15.6. The Morgan fingerprint density at radius 2 is 2.00 bits per heavy atom. The normalized spacial score (nSPS) is 10.9. The maximum atomic E-state index is 11.1. The van der Waals surface area contributed by atoms with E-state index in [9.17, 15) is 9.90 Å². The molecule has 0 atom stereocenters. The first-order chi connectivity index (χ1) is 12.3. The highest BCUT2D eigenvalue weighted by molar-refractivity contribution is 7.80. The van der Waals surface area contributed by atoms with Crippen molar-refractivity contribution in [1.82, 2.24) is 10.3 Å². The van der Waals surface area contributed by atoms with Gasteiger partial charge in [0.15, 0.2) is 10.7 Å².